The summed E-state index contributed by atoms with van der Waals surface area (Å²) in [4.78, 5) is 16.9. The SMILES string of the molecule is O=C(NC1Cc2cc3cnc(C4CC4)cc3c(S(=O)(=O)Cl)c2C1)OCc1ccccc1. The zero-order valence-electron chi connectivity index (χ0n) is 16.7. The van der Waals surface area contributed by atoms with E-state index in [1.165, 1.54) is 0 Å². The van der Waals surface area contributed by atoms with Crippen molar-refractivity contribution in [1.29, 1.82) is 0 Å². The molecule has 1 heterocycles. The molecule has 5 rings (SSSR count). The molecule has 2 aromatic carbocycles. The predicted octanol–water partition coefficient (Wildman–Crippen LogP) is 4.43. The molecule has 1 amide bonds. The minimum absolute atomic E-state index is 0.146. The highest BCUT2D eigenvalue weighted by atomic mass is 35.7. The number of nitrogens with zero attached hydrogens (tertiary/aromatic N) is 1. The molecule has 6 nitrogen and oxygen atoms in total. The molecule has 1 unspecified atom stereocenters. The van der Waals surface area contributed by atoms with Crippen LogP contribution in [0, 0.1) is 0 Å². The van der Waals surface area contributed by atoms with Crippen LogP contribution in [0.1, 0.15) is 41.1 Å². The fourth-order valence-electron chi connectivity index (χ4n) is 4.28. The Morgan fingerprint density at radius 3 is 2.65 bits per heavy atom. The molecule has 1 saturated carbocycles. The normalized spacial score (nSPS) is 18.0. The van der Waals surface area contributed by atoms with Gasteiger partial charge in [-0.2, -0.15) is 0 Å². The number of alkyl carbamates (subject to hydrolysis) is 1. The molecule has 8 heteroatoms. The number of amides is 1. The highest BCUT2D eigenvalue weighted by Gasteiger charge is 2.32. The standard InChI is InChI=1S/C23H21ClN2O4S/c24-31(28,29)22-19-10-18(26-23(27)30-13-14-4-2-1-3-5-14)9-16(19)8-17-12-25-21(11-20(17)22)15-6-7-15/h1-5,8,11-12,15,18H,6-7,9-10,13H2,(H,26,27). The number of pyridine rings is 1. The Morgan fingerprint density at radius 1 is 1.16 bits per heavy atom. The van der Waals surface area contributed by atoms with Crippen molar-refractivity contribution in [2.24, 2.45) is 0 Å². The van der Waals surface area contributed by atoms with Crippen LogP contribution in [0.4, 0.5) is 4.79 Å². The van der Waals surface area contributed by atoms with Gasteiger partial charge in [-0.1, -0.05) is 30.3 Å². The Hall–Kier alpha value is -2.64. The quantitative estimate of drug-likeness (QED) is 0.574. The summed E-state index contributed by atoms with van der Waals surface area (Å²) < 4.78 is 30.4. The summed E-state index contributed by atoms with van der Waals surface area (Å²) in [5, 5.41) is 4.21. The highest BCUT2D eigenvalue weighted by Crippen LogP contribution is 2.42. The van der Waals surface area contributed by atoms with Gasteiger partial charge in [0.05, 0.1) is 4.90 Å². The van der Waals surface area contributed by atoms with E-state index >= 15 is 0 Å². The van der Waals surface area contributed by atoms with E-state index < -0.39 is 15.1 Å². The van der Waals surface area contributed by atoms with Crippen molar-refractivity contribution in [2.45, 2.75) is 49.1 Å². The third-order valence-electron chi connectivity index (χ3n) is 5.88. The zero-order valence-corrected chi connectivity index (χ0v) is 18.2. The van der Waals surface area contributed by atoms with E-state index in [1.54, 1.807) is 6.20 Å². The molecule has 0 spiro atoms. The van der Waals surface area contributed by atoms with Crippen LogP contribution < -0.4 is 5.32 Å². The van der Waals surface area contributed by atoms with Crippen molar-refractivity contribution in [3.63, 3.8) is 0 Å². The van der Waals surface area contributed by atoms with E-state index in [4.69, 9.17) is 15.4 Å². The first-order valence-corrected chi connectivity index (χ1v) is 12.6. The number of carbonyl (C=O) groups excluding carboxylic acids is 1. The van der Waals surface area contributed by atoms with Crippen molar-refractivity contribution in [1.82, 2.24) is 10.3 Å². The zero-order chi connectivity index (χ0) is 21.6. The summed E-state index contributed by atoms with van der Waals surface area (Å²) in [5.41, 5.74) is 3.34. The Labute approximate surface area is 185 Å². The van der Waals surface area contributed by atoms with Gasteiger partial charge in [-0.15, -0.1) is 0 Å². The molecule has 2 aliphatic carbocycles. The molecule has 0 bridgehead atoms. The van der Waals surface area contributed by atoms with E-state index in [2.05, 4.69) is 10.3 Å². The molecule has 2 aliphatic rings. The van der Waals surface area contributed by atoms with Gasteiger partial charge < -0.3 is 10.1 Å². The van der Waals surface area contributed by atoms with Crippen LogP contribution in [0.15, 0.2) is 53.6 Å². The third kappa shape index (κ3) is 4.25. The van der Waals surface area contributed by atoms with E-state index in [0.717, 1.165) is 35.0 Å². The first-order chi connectivity index (χ1) is 14.9. The van der Waals surface area contributed by atoms with Gasteiger partial charge in [0.25, 0.3) is 9.05 Å². The summed E-state index contributed by atoms with van der Waals surface area (Å²) >= 11 is 0. The maximum absolute atomic E-state index is 12.5. The van der Waals surface area contributed by atoms with Crippen LogP contribution in [0.3, 0.4) is 0 Å². The molecule has 1 aromatic heterocycles. The van der Waals surface area contributed by atoms with Crippen molar-refractivity contribution < 1.29 is 17.9 Å². The second-order valence-electron chi connectivity index (χ2n) is 8.20. The van der Waals surface area contributed by atoms with E-state index in [0.29, 0.717) is 29.7 Å². The Bertz CT molecular complexity index is 1270. The number of hydrogen-bond donors (Lipinski definition) is 1. The lowest BCUT2D eigenvalue weighted by molar-refractivity contribution is 0.136. The number of nitrogens with one attached hydrogen (secondary N) is 1. The number of aromatic nitrogens is 1. The van der Waals surface area contributed by atoms with Gasteiger partial charge in [0.1, 0.15) is 6.61 Å². The second-order valence-corrected chi connectivity index (χ2v) is 10.7. The molecule has 1 N–H and O–H groups in total. The lowest BCUT2D eigenvalue weighted by atomic mass is 10.0. The average Bonchev–Trinajstić information content (AvgIpc) is 3.51. The minimum Gasteiger partial charge on any atom is -0.445 e. The molecule has 1 atom stereocenters. The van der Waals surface area contributed by atoms with E-state index in [9.17, 15) is 13.2 Å². The van der Waals surface area contributed by atoms with Crippen LogP contribution in [-0.4, -0.2) is 25.5 Å². The van der Waals surface area contributed by atoms with Gasteiger partial charge >= 0.3 is 6.09 Å². The number of hydrogen-bond acceptors (Lipinski definition) is 5. The number of fused-ring (bicyclic) bond motifs is 2. The third-order valence-corrected chi connectivity index (χ3v) is 7.30. The van der Waals surface area contributed by atoms with Crippen molar-refractivity contribution >= 4 is 36.6 Å². The van der Waals surface area contributed by atoms with Crippen LogP contribution in [0.25, 0.3) is 10.8 Å². The van der Waals surface area contributed by atoms with Crippen molar-refractivity contribution in [3.8, 4) is 0 Å². The topological polar surface area (TPSA) is 85.4 Å². The summed E-state index contributed by atoms with van der Waals surface area (Å²) in [6.45, 7) is 0.174. The van der Waals surface area contributed by atoms with Gasteiger partial charge in [-0.25, -0.2) is 13.2 Å². The molecule has 3 aromatic rings. The number of benzene rings is 2. The first kappa shape index (κ1) is 20.3. The largest absolute Gasteiger partial charge is 0.445 e. The summed E-state index contributed by atoms with van der Waals surface area (Å²) in [5.74, 6) is 0.400. The summed E-state index contributed by atoms with van der Waals surface area (Å²) in [7, 11) is 1.91. The predicted molar refractivity (Wildman–Crippen MR) is 118 cm³/mol. The summed E-state index contributed by atoms with van der Waals surface area (Å²) in [6.07, 6.45) is 4.24. The average molecular weight is 457 g/mol. The number of ether oxygens (including phenoxy) is 1. The number of carbonyl (C=O) groups is 1. The number of rotatable bonds is 5. The Morgan fingerprint density at radius 2 is 1.94 bits per heavy atom. The maximum atomic E-state index is 12.5. The van der Waals surface area contributed by atoms with E-state index in [1.807, 2.05) is 42.5 Å². The van der Waals surface area contributed by atoms with Crippen LogP contribution in [-0.2, 0) is 33.2 Å². The molecule has 1 fully saturated rings. The molecular weight excluding hydrogens is 436 g/mol. The monoisotopic (exact) mass is 456 g/mol. The Balaban J connectivity index is 1.39. The smallest absolute Gasteiger partial charge is 0.407 e. The molecule has 0 aliphatic heterocycles. The lowest BCUT2D eigenvalue weighted by Gasteiger charge is -2.13. The molecule has 0 radical (unpaired) electrons. The Kier molecular flexibility index (Phi) is 5.10. The fourth-order valence-corrected chi connectivity index (χ4v) is 5.76. The molecular formula is C23H21ClN2O4S. The van der Waals surface area contributed by atoms with Gasteiger partial charge in [0, 0.05) is 45.3 Å². The molecule has 160 valence electrons. The summed E-state index contributed by atoms with van der Waals surface area (Å²) in [6, 6.07) is 13.0. The maximum Gasteiger partial charge on any atom is 0.407 e. The van der Waals surface area contributed by atoms with Crippen LogP contribution in [0.5, 0.6) is 0 Å². The molecule has 0 saturated heterocycles. The minimum atomic E-state index is -3.97. The van der Waals surface area contributed by atoms with Gasteiger partial charge in [-0.05, 0) is 54.5 Å². The van der Waals surface area contributed by atoms with Crippen molar-refractivity contribution in [2.75, 3.05) is 0 Å². The fraction of sp³-hybridized carbons (Fsp3) is 0.304. The second kappa shape index (κ2) is 7.80. The van der Waals surface area contributed by atoms with Gasteiger partial charge in [0.15, 0.2) is 0 Å². The number of halogens is 1. The first-order valence-electron chi connectivity index (χ1n) is 10.2. The van der Waals surface area contributed by atoms with Gasteiger partial charge in [0.2, 0.25) is 0 Å². The molecule has 31 heavy (non-hydrogen) atoms. The van der Waals surface area contributed by atoms with Crippen LogP contribution >= 0.6 is 10.7 Å². The lowest BCUT2D eigenvalue weighted by Crippen LogP contribution is -2.35. The van der Waals surface area contributed by atoms with E-state index in [-0.39, 0.29) is 17.5 Å². The van der Waals surface area contributed by atoms with Gasteiger partial charge in [-0.3, -0.25) is 4.98 Å². The van der Waals surface area contributed by atoms with Crippen molar-refractivity contribution in [3.05, 3.63) is 71.0 Å². The van der Waals surface area contributed by atoms with Crippen LogP contribution in [0.2, 0.25) is 0 Å². The highest BCUT2D eigenvalue weighted by molar-refractivity contribution is 8.14.